The first-order valence-electron chi connectivity index (χ1n) is 7.95. The number of rotatable bonds is 3. The Bertz CT molecular complexity index is 920. The summed E-state index contributed by atoms with van der Waals surface area (Å²) in [4.78, 5) is 12.6. The fourth-order valence-corrected chi connectivity index (χ4v) is 4.43. The summed E-state index contributed by atoms with van der Waals surface area (Å²) in [5.74, 6) is -0.529. The lowest BCUT2D eigenvalue weighted by molar-refractivity contribution is -0.120. The highest BCUT2D eigenvalue weighted by atomic mass is 32.2. The van der Waals surface area contributed by atoms with Crippen molar-refractivity contribution < 1.29 is 17.9 Å². The minimum atomic E-state index is -3.88. The van der Waals surface area contributed by atoms with E-state index in [1.807, 2.05) is 18.2 Å². The monoisotopic (exact) mass is 343 g/mol. The van der Waals surface area contributed by atoms with Gasteiger partial charge in [0.05, 0.1) is 4.90 Å². The number of aryl methyl sites for hydroxylation is 2. The Morgan fingerprint density at radius 1 is 1.08 bits per heavy atom. The lowest BCUT2D eigenvalue weighted by Gasteiger charge is -2.12. The molecule has 1 N–H and O–H groups in total. The quantitative estimate of drug-likeness (QED) is 0.927. The molecule has 0 aromatic heterocycles. The van der Waals surface area contributed by atoms with Gasteiger partial charge in [0.2, 0.25) is 5.91 Å². The number of amides is 1. The highest BCUT2D eigenvalue weighted by Crippen LogP contribution is 2.34. The summed E-state index contributed by atoms with van der Waals surface area (Å²) in [6.45, 7) is 0.158. The van der Waals surface area contributed by atoms with E-state index in [-0.39, 0.29) is 11.5 Å². The first-order chi connectivity index (χ1) is 11.5. The molecule has 0 bridgehead atoms. The van der Waals surface area contributed by atoms with Crippen LogP contribution in [-0.2, 0) is 27.7 Å². The molecule has 2 aromatic carbocycles. The second-order valence-corrected chi connectivity index (χ2v) is 7.84. The summed E-state index contributed by atoms with van der Waals surface area (Å²) in [7, 11) is -3.88. The molecule has 4 rings (SSSR count). The Balaban J connectivity index is 1.57. The lowest BCUT2D eigenvalue weighted by Crippen LogP contribution is -2.35. The molecule has 0 spiro atoms. The van der Waals surface area contributed by atoms with E-state index < -0.39 is 21.8 Å². The molecule has 0 radical (unpaired) electrons. The van der Waals surface area contributed by atoms with Gasteiger partial charge in [0.25, 0.3) is 10.0 Å². The topological polar surface area (TPSA) is 72.5 Å². The molecule has 0 fully saturated rings. The number of carbonyl (C=O) groups is 1. The van der Waals surface area contributed by atoms with E-state index in [4.69, 9.17) is 4.74 Å². The molecule has 5 nitrogen and oxygen atoms in total. The third-order valence-electron chi connectivity index (χ3n) is 4.63. The number of nitrogens with one attached hydrogen (secondary N) is 1. The standard InChI is InChI=1S/C18H17NO4S/c20-18(16-11-23-17-7-2-1-6-15(16)17)19-24(21,22)14-9-8-12-4-3-5-13(12)10-14/h1-2,6-10,16H,3-5,11H2,(H,19,20). The second-order valence-electron chi connectivity index (χ2n) is 6.16. The molecule has 1 atom stereocenters. The van der Waals surface area contributed by atoms with Gasteiger partial charge >= 0.3 is 0 Å². The molecule has 0 saturated carbocycles. The van der Waals surface area contributed by atoms with E-state index >= 15 is 0 Å². The van der Waals surface area contributed by atoms with Gasteiger partial charge in [0, 0.05) is 5.56 Å². The zero-order valence-electron chi connectivity index (χ0n) is 13.0. The van der Waals surface area contributed by atoms with Crippen molar-refractivity contribution in [1.82, 2.24) is 4.72 Å². The fourth-order valence-electron chi connectivity index (χ4n) is 3.36. The minimum absolute atomic E-state index is 0.142. The van der Waals surface area contributed by atoms with Crippen LogP contribution in [0, 0.1) is 0 Å². The number of hydrogen-bond donors (Lipinski definition) is 1. The van der Waals surface area contributed by atoms with Crippen LogP contribution in [0.5, 0.6) is 5.75 Å². The largest absolute Gasteiger partial charge is 0.492 e. The lowest BCUT2D eigenvalue weighted by atomic mass is 10.0. The summed E-state index contributed by atoms with van der Waals surface area (Å²) in [6, 6.07) is 12.3. The van der Waals surface area contributed by atoms with Gasteiger partial charge in [-0.2, -0.15) is 0 Å². The van der Waals surface area contributed by atoms with Crippen LogP contribution in [0.15, 0.2) is 47.4 Å². The Hall–Kier alpha value is -2.34. The second kappa shape index (κ2) is 5.63. The maximum atomic E-state index is 12.5. The van der Waals surface area contributed by atoms with Gasteiger partial charge in [0.1, 0.15) is 18.3 Å². The molecule has 1 aliphatic heterocycles. The zero-order valence-corrected chi connectivity index (χ0v) is 13.8. The van der Waals surface area contributed by atoms with Crippen molar-refractivity contribution in [2.45, 2.75) is 30.1 Å². The van der Waals surface area contributed by atoms with Crippen molar-refractivity contribution in [3.63, 3.8) is 0 Å². The number of hydrogen-bond acceptors (Lipinski definition) is 4. The predicted molar refractivity (Wildman–Crippen MR) is 88.5 cm³/mol. The predicted octanol–water partition coefficient (Wildman–Crippen LogP) is 2.16. The fraction of sp³-hybridized carbons (Fsp3) is 0.278. The van der Waals surface area contributed by atoms with Crippen LogP contribution in [0.1, 0.15) is 29.0 Å². The van der Waals surface area contributed by atoms with Crippen molar-refractivity contribution in [3.8, 4) is 5.75 Å². The van der Waals surface area contributed by atoms with Crippen molar-refractivity contribution in [2.75, 3.05) is 6.61 Å². The van der Waals surface area contributed by atoms with E-state index in [1.165, 1.54) is 5.56 Å². The van der Waals surface area contributed by atoms with E-state index in [2.05, 4.69) is 4.72 Å². The molecule has 0 saturated heterocycles. The van der Waals surface area contributed by atoms with Gasteiger partial charge in [0.15, 0.2) is 0 Å². The number of ether oxygens (including phenoxy) is 1. The number of carbonyl (C=O) groups excluding carboxylic acids is 1. The third kappa shape index (κ3) is 2.57. The molecule has 1 unspecified atom stereocenters. The minimum Gasteiger partial charge on any atom is -0.492 e. The average Bonchev–Trinajstić information content (AvgIpc) is 3.20. The number of benzene rings is 2. The molecule has 1 amide bonds. The van der Waals surface area contributed by atoms with Crippen molar-refractivity contribution >= 4 is 15.9 Å². The molecule has 24 heavy (non-hydrogen) atoms. The van der Waals surface area contributed by atoms with Crippen molar-refractivity contribution in [3.05, 3.63) is 59.2 Å². The number of para-hydroxylation sites is 1. The third-order valence-corrected chi connectivity index (χ3v) is 5.98. The molecular weight excluding hydrogens is 326 g/mol. The summed E-state index contributed by atoms with van der Waals surface area (Å²) >= 11 is 0. The van der Waals surface area contributed by atoms with Gasteiger partial charge < -0.3 is 4.74 Å². The molecule has 2 aromatic rings. The van der Waals surface area contributed by atoms with E-state index in [1.54, 1.807) is 24.3 Å². The molecule has 6 heteroatoms. The molecule has 1 heterocycles. The normalized spacial score (nSPS) is 18.6. The van der Waals surface area contributed by atoms with Crippen LogP contribution in [0.4, 0.5) is 0 Å². The van der Waals surface area contributed by atoms with E-state index in [0.717, 1.165) is 30.4 Å². The maximum Gasteiger partial charge on any atom is 0.264 e. The number of sulfonamides is 1. The van der Waals surface area contributed by atoms with Gasteiger partial charge in [-0.3, -0.25) is 4.79 Å². The van der Waals surface area contributed by atoms with Crippen molar-refractivity contribution in [1.29, 1.82) is 0 Å². The first-order valence-corrected chi connectivity index (χ1v) is 9.43. The Kier molecular flexibility index (Phi) is 3.57. The Labute approximate surface area is 140 Å². The van der Waals surface area contributed by atoms with E-state index in [0.29, 0.717) is 5.75 Å². The Morgan fingerprint density at radius 2 is 1.88 bits per heavy atom. The van der Waals surface area contributed by atoms with Crippen LogP contribution >= 0.6 is 0 Å². The zero-order chi connectivity index (χ0) is 16.7. The molecule has 1 aliphatic carbocycles. The summed E-state index contributed by atoms with van der Waals surface area (Å²) in [5, 5.41) is 0. The van der Waals surface area contributed by atoms with Crippen LogP contribution in [0.2, 0.25) is 0 Å². The first kappa shape index (κ1) is 15.2. The van der Waals surface area contributed by atoms with Crippen molar-refractivity contribution in [2.24, 2.45) is 0 Å². The van der Waals surface area contributed by atoms with Crippen LogP contribution < -0.4 is 9.46 Å². The molecular formula is C18H17NO4S. The summed E-state index contributed by atoms with van der Waals surface area (Å²) in [5.41, 5.74) is 2.97. The van der Waals surface area contributed by atoms with Gasteiger partial charge in [-0.25, -0.2) is 13.1 Å². The van der Waals surface area contributed by atoms with E-state index in [9.17, 15) is 13.2 Å². The summed E-state index contributed by atoms with van der Waals surface area (Å²) in [6.07, 6.45) is 2.91. The van der Waals surface area contributed by atoms with Gasteiger partial charge in [-0.1, -0.05) is 24.3 Å². The van der Waals surface area contributed by atoms with Crippen LogP contribution in [-0.4, -0.2) is 20.9 Å². The Morgan fingerprint density at radius 3 is 2.75 bits per heavy atom. The van der Waals surface area contributed by atoms with Crippen LogP contribution in [0.25, 0.3) is 0 Å². The highest BCUT2D eigenvalue weighted by Gasteiger charge is 2.32. The van der Waals surface area contributed by atoms with Gasteiger partial charge in [-0.05, 0) is 48.6 Å². The summed E-state index contributed by atoms with van der Waals surface area (Å²) < 4.78 is 32.7. The maximum absolute atomic E-state index is 12.5. The SMILES string of the molecule is O=C(NS(=O)(=O)c1ccc2c(c1)CCC2)C1COc2ccccc21. The smallest absolute Gasteiger partial charge is 0.264 e. The van der Waals surface area contributed by atoms with Gasteiger partial charge in [-0.15, -0.1) is 0 Å². The molecule has 2 aliphatic rings. The average molecular weight is 343 g/mol. The molecule has 124 valence electrons. The number of fused-ring (bicyclic) bond motifs is 2. The highest BCUT2D eigenvalue weighted by molar-refractivity contribution is 7.90. The van der Waals surface area contributed by atoms with Crippen LogP contribution in [0.3, 0.4) is 0 Å².